The number of rotatable bonds is 4. The minimum Gasteiger partial charge on any atom is -0.324 e. The summed E-state index contributed by atoms with van der Waals surface area (Å²) in [5.74, 6) is -0.578. The molecule has 0 aliphatic rings. The average molecular weight is 211 g/mol. The van der Waals surface area contributed by atoms with Gasteiger partial charge in [-0.05, 0) is 17.7 Å². The molecule has 0 aliphatic carbocycles. The number of amides is 1. The predicted octanol–water partition coefficient (Wildman–Crippen LogP) is 0.466. The van der Waals surface area contributed by atoms with Gasteiger partial charge < -0.3 is 5.73 Å². The van der Waals surface area contributed by atoms with Crippen molar-refractivity contribution < 1.29 is 9.18 Å². The van der Waals surface area contributed by atoms with Crippen LogP contribution in [0.15, 0.2) is 24.3 Å². The Bertz CT molecular complexity index is 343. The number of benzene rings is 1. The molecule has 4 nitrogen and oxygen atoms in total. The molecule has 0 saturated carbocycles. The first kappa shape index (κ1) is 11.6. The zero-order valence-corrected chi connectivity index (χ0v) is 8.46. The number of nitrogens with one attached hydrogen (secondary N) is 2. The van der Waals surface area contributed by atoms with Crippen molar-refractivity contribution in [3.05, 3.63) is 35.6 Å². The Morgan fingerprint density at radius 2 is 2.33 bits per heavy atom. The van der Waals surface area contributed by atoms with Crippen molar-refractivity contribution in [2.24, 2.45) is 5.73 Å². The molecule has 0 aromatic heterocycles. The third-order valence-corrected chi connectivity index (χ3v) is 1.95. The van der Waals surface area contributed by atoms with E-state index in [1.54, 1.807) is 19.2 Å². The van der Waals surface area contributed by atoms with E-state index in [1.807, 2.05) is 0 Å². The number of hydrogen-bond acceptors (Lipinski definition) is 3. The molecule has 0 radical (unpaired) electrons. The van der Waals surface area contributed by atoms with E-state index in [1.165, 1.54) is 12.1 Å². The first-order valence-corrected chi connectivity index (χ1v) is 4.60. The van der Waals surface area contributed by atoms with Gasteiger partial charge in [-0.2, -0.15) is 0 Å². The van der Waals surface area contributed by atoms with Crippen LogP contribution in [-0.4, -0.2) is 13.0 Å². The molecule has 0 fully saturated rings. The predicted molar refractivity (Wildman–Crippen MR) is 55.1 cm³/mol. The van der Waals surface area contributed by atoms with E-state index in [0.29, 0.717) is 5.56 Å². The maximum absolute atomic E-state index is 12.8. The number of nitrogens with two attached hydrogens (primary N) is 1. The first-order chi connectivity index (χ1) is 7.13. The van der Waals surface area contributed by atoms with Crippen molar-refractivity contribution in [2.45, 2.75) is 12.5 Å². The highest BCUT2D eigenvalue weighted by Gasteiger charge is 2.11. The molecule has 1 atom stereocenters. The molecular formula is C10H14FN3O. The first-order valence-electron chi connectivity index (χ1n) is 4.60. The topological polar surface area (TPSA) is 67.1 Å². The summed E-state index contributed by atoms with van der Waals surface area (Å²) in [4.78, 5) is 11.2. The highest BCUT2D eigenvalue weighted by atomic mass is 19.1. The van der Waals surface area contributed by atoms with E-state index >= 15 is 0 Å². The van der Waals surface area contributed by atoms with Gasteiger partial charge in [0, 0.05) is 19.5 Å². The summed E-state index contributed by atoms with van der Waals surface area (Å²) < 4.78 is 12.8. The minimum atomic E-state index is -0.492. The summed E-state index contributed by atoms with van der Waals surface area (Å²) in [5.41, 5.74) is 11.3. The Morgan fingerprint density at radius 3 is 2.93 bits per heavy atom. The van der Waals surface area contributed by atoms with Crippen LogP contribution in [0.1, 0.15) is 18.0 Å². The summed E-state index contributed by atoms with van der Waals surface area (Å²) in [7, 11) is 1.59. The second-order valence-corrected chi connectivity index (χ2v) is 3.16. The molecule has 0 aliphatic heterocycles. The van der Waals surface area contributed by atoms with Gasteiger partial charge in [0.1, 0.15) is 5.82 Å². The van der Waals surface area contributed by atoms with E-state index in [-0.39, 0.29) is 18.1 Å². The van der Waals surface area contributed by atoms with Crippen molar-refractivity contribution in [3.8, 4) is 0 Å². The molecule has 0 spiro atoms. The van der Waals surface area contributed by atoms with Crippen molar-refractivity contribution >= 4 is 5.91 Å². The highest BCUT2D eigenvalue weighted by molar-refractivity contribution is 5.76. The van der Waals surface area contributed by atoms with Gasteiger partial charge in [0.2, 0.25) is 5.91 Å². The van der Waals surface area contributed by atoms with Gasteiger partial charge >= 0.3 is 0 Å². The van der Waals surface area contributed by atoms with Crippen LogP contribution < -0.4 is 16.6 Å². The second kappa shape index (κ2) is 5.43. The quantitative estimate of drug-likeness (QED) is 0.634. The largest absolute Gasteiger partial charge is 0.324 e. The standard InChI is InChI=1S/C10H14FN3O/c1-13-14-10(15)6-9(12)7-3-2-4-8(11)5-7/h2-5,9,13H,6,12H2,1H3,(H,14,15). The Kier molecular flexibility index (Phi) is 4.20. The number of halogens is 1. The SMILES string of the molecule is CNNC(=O)CC(N)c1cccc(F)c1. The van der Waals surface area contributed by atoms with Crippen molar-refractivity contribution in [1.82, 2.24) is 10.9 Å². The fraction of sp³-hybridized carbons (Fsp3) is 0.300. The molecule has 1 rings (SSSR count). The molecule has 82 valence electrons. The summed E-state index contributed by atoms with van der Waals surface area (Å²) in [6.45, 7) is 0. The van der Waals surface area contributed by atoms with Gasteiger partial charge in [0.15, 0.2) is 0 Å². The molecule has 0 heterocycles. The smallest absolute Gasteiger partial charge is 0.235 e. The number of carbonyl (C=O) groups excluding carboxylic acids is 1. The summed E-state index contributed by atoms with van der Waals surface area (Å²) in [6, 6.07) is 5.44. The Labute approximate surface area is 87.6 Å². The molecule has 1 aromatic rings. The normalized spacial score (nSPS) is 12.2. The van der Waals surface area contributed by atoms with E-state index in [9.17, 15) is 9.18 Å². The molecule has 1 aromatic carbocycles. The highest BCUT2D eigenvalue weighted by Crippen LogP contribution is 2.14. The second-order valence-electron chi connectivity index (χ2n) is 3.16. The molecular weight excluding hydrogens is 197 g/mol. The lowest BCUT2D eigenvalue weighted by atomic mass is 10.0. The molecule has 0 bridgehead atoms. The van der Waals surface area contributed by atoms with E-state index in [0.717, 1.165) is 0 Å². The van der Waals surface area contributed by atoms with Gasteiger partial charge in [0.05, 0.1) is 0 Å². The van der Waals surface area contributed by atoms with Crippen LogP contribution in [0.25, 0.3) is 0 Å². The minimum absolute atomic E-state index is 0.115. The lowest BCUT2D eigenvalue weighted by Crippen LogP contribution is -2.36. The molecule has 1 amide bonds. The van der Waals surface area contributed by atoms with Crippen molar-refractivity contribution in [1.29, 1.82) is 0 Å². The van der Waals surface area contributed by atoms with Crippen LogP contribution in [0, 0.1) is 5.82 Å². The Hall–Kier alpha value is -1.46. The molecule has 5 heteroatoms. The van der Waals surface area contributed by atoms with Crippen molar-refractivity contribution in [3.63, 3.8) is 0 Å². The third kappa shape index (κ3) is 3.65. The molecule has 15 heavy (non-hydrogen) atoms. The monoisotopic (exact) mass is 211 g/mol. The fourth-order valence-electron chi connectivity index (χ4n) is 1.25. The van der Waals surface area contributed by atoms with E-state index in [4.69, 9.17) is 5.73 Å². The van der Waals surface area contributed by atoms with Crippen molar-refractivity contribution in [2.75, 3.05) is 7.05 Å². The van der Waals surface area contributed by atoms with Crippen LogP contribution in [0.2, 0.25) is 0 Å². The zero-order valence-electron chi connectivity index (χ0n) is 8.46. The van der Waals surface area contributed by atoms with Gasteiger partial charge in [0.25, 0.3) is 0 Å². The lowest BCUT2D eigenvalue weighted by Gasteiger charge is -2.11. The number of hydrogen-bond donors (Lipinski definition) is 3. The lowest BCUT2D eigenvalue weighted by molar-refractivity contribution is -0.122. The van der Waals surface area contributed by atoms with Crippen LogP contribution in [0.4, 0.5) is 4.39 Å². The van der Waals surface area contributed by atoms with Crippen LogP contribution in [0.5, 0.6) is 0 Å². The summed E-state index contributed by atoms with van der Waals surface area (Å²) >= 11 is 0. The maximum Gasteiger partial charge on any atom is 0.235 e. The van der Waals surface area contributed by atoms with Crippen LogP contribution in [0.3, 0.4) is 0 Å². The van der Waals surface area contributed by atoms with Gasteiger partial charge in [-0.1, -0.05) is 12.1 Å². The van der Waals surface area contributed by atoms with Gasteiger partial charge in [-0.15, -0.1) is 0 Å². The van der Waals surface area contributed by atoms with Gasteiger partial charge in [-0.3, -0.25) is 10.2 Å². The number of carbonyl (C=O) groups is 1. The van der Waals surface area contributed by atoms with E-state index in [2.05, 4.69) is 10.9 Å². The summed E-state index contributed by atoms with van der Waals surface area (Å²) in [6.07, 6.45) is 0.115. The van der Waals surface area contributed by atoms with Gasteiger partial charge in [-0.25, -0.2) is 9.82 Å². The van der Waals surface area contributed by atoms with E-state index < -0.39 is 6.04 Å². The third-order valence-electron chi connectivity index (χ3n) is 1.95. The number of hydrazine groups is 1. The molecule has 0 saturated heterocycles. The van der Waals surface area contributed by atoms with Crippen LogP contribution >= 0.6 is 0 Å². The summed E-state index contributed by atoms with van der Waals surface area (Å²) in [5, 5.41) is 0. The Balaban J connectivity index is 2.60. The maximum atomic E-state index is 12.8. The fourth-order valence-corrected chi connectivity index (χ4v) is 1.25. The van der Waals surface area contributed by atoms with Crippen LogP contribution in [-0.2, 0) is 4.79 Å². The average Bonchev–Trinajstić information content (AvgIpc) is 2.18. The molecule has 1 unspecified atom stereocenters. The Morgan fingerprint density at radius 1 is 1.60 bits per heavy atom. The zero-order chi connectivity index (χ0) is 11.3. The molecule has 4 N–H and O–H groups in total.